The molecule has 7 heteroatoms. The van der Waals surface area contributed by atoms with E-state index in [0.717, 1.165) is 18.2 Å². The summed E-state index contributed by atoms with van der Waals surface area (Å²) in [6.45, 7) is 2.90. The number of nitrogens with two attached hydrogens (primary N) is 1. The quantitative estimate of drug-likeness (QED) is 0.657. The van der Waals surface area contributed by atoms with Crippen molar-refractivity contribution < 1.29 is 14.1 Å². The minimum Gasteiger partial charge on any atom is -0.338 e. The number of benzene rings is 1. The molecule has 0 aliphatic carbocycles. The van der Waals surface area contributed by atoms with Gasteiger partial charge in [0.2, 0.25) is 0 Å². The SMILES string of the molecule is CC1CN(C(=O)c2cc(F)cc([N+](=O)[O-])c2)CCC1N. The van der Waals surface area contributed by atoms with Crippen molar-refractivity contribution in [3.05, 3.63) is 39.7 Å². The number of nitro benzene ring substituents is 1. The summed E-state index contributed by atoms with van der Waals surface area (Å²) >= 11 is 0. The first-order valence-corrected chi connectivity index (χ1v) is 6.38. The molecule has 1 aliphatic heterocycles. The molecule has 1 aromatic rings. The van der Waals surface area contributed by atoms with Gasteiger partial charge in [-0.25, -0.2) is 4.39 Å². The number of hydrogen-bond donors (Lipinski definition) is 1. The summed E-state index contributed by atoms with van der Waals surface area (Å²) < 4.78 is 13.4. The third kappa shape index (κ3) is 2.93. The lowest BCUT2D eigenvalue weighted by Gasteiger charge is -2.35. The molecule has 1 aromatic carbocycles. The van der Waals surface area contributed by atoms with Crippen LogP contribution in [-0.4, -0.2) is 34.9 Å². The summed E-state index contributed by atoms with van der Waals surface area (Å²) in [6.07, 6.45) is 0.671. The fourth-order valence-corrected chi connectivity index (χ4v) is 2.33. The predicted molar refractivity (Wildman–Crippen MR) is 70.7 cm³/mol. The molecule has 2 atom stereocenters. The molecule has 0 aromatic heterocycles. The molecular formula is C13H16FN3O3. The molecule has 20 heavy (non-hydrogen) atoms. The molecule has 1 amide bonds. The molecule has 0 radical (unpaired) electrons. The maximum atomic E-state index is 13.4. The lowest BCUT2D eigenvalue weighted by Crippen LogP contribution is -2.48. The summed E-state index contributed by atoms with van der Waals surface area (Å²) in [5, 5.41) is 10.7. The molecule has 1 aliphatic rings. The van der Waals surface area contributed by atoms with Crippen LogP contribution in [0, 0.1) is 21.8 Å². The van der Waals surface area contributed by atoms with Crippen LogP contribution in [0.15, 0.2) is 18.2 Å². The van der Waals surface area contributed by atoms with Gasteiger partial charge in [0.05, 0.1) is 11.0 Å². The Morgan fingerprint density at radius 1 is 1.50 bits per heavy atom. The standard InChI is InChI=1S/C13H16FN3O3/c1-8-7-16(3-2-12(8)15)13(18)9-4-10(14)6-11(5-9)17(19)20/h4-6,8,12H,2-3,7,15H2,1H3. The van der Waals surface area contributed by atoms with Crippen molar-refractivity contribution in [1.29, 1.82) is 0 Å². The molecule has 2 N–H and O–H groups in total. The van der Waals surface area contributed by atoms with Gasteiger partial charge in [-0.3, -0.25) is 14.9 Å². The highest BCUT2D eigenvalue weighted by atomic mass is 19.1. The first-order chi connectivity index (χ1) is 9.38. The Hall–Kier alpha value is -2.02. The minimum atomic E-state index is -0.788. The van der Waals surface area contributed by atoms with E-state index in [0.29, 0.717) is 19.5 Å². The highest BCUT2D eigenvalue weighted by Gasteiger charge is 2.27. The Balaban J connectivity index is 2.23. The molecule has 1 heterocycles. The Morgan fingerprint density at radius 2 is 2.20 bits per heavy atom. The topological polar surface area (TPSA) is 89.5 Å². The number of piperidine rings is 1. The maximum Gasteiger partial charge on any atom is 0.273 e. The van der Waals surface area contributed by atoms with Gasteiger partial charge in [0.15, 0.2) is 0 Å². The van der Waals surface area contributed by atoms with Gasteiger partial charge in [-0.05, 0) is 18.4 Å². The number of nitro groups is 1. The molecule has 0 saturated carbocycles. The van der Waals surface area contributed by atoms with Gasteiger partial charge < -0.3 is 10.6 Å². The van der Waals surface area contributed by atoms with Crippen LogP contribution in [0.4, 0.5) is 10.1 Å². The Morgan fingerprint density at radius 3 is 2.80 bits per heavy atom. The van der Waals surface area contributed by atoms with E-state index in [-0.39, 0.29) is 17.5 Å². The molecule has 1 saturated heterocycles. The first-order valence-electron chi connectivity index (χ1n) is 6.38. The molecule has 0 spiro atoms. The van der Waals surface area contributed by atoms with Crippen molar-refractivity contribution in [3.63, 3.8) is 0 Å². The number of non-ortho nitro benzene ring substituents is 1. The number of likely N-dealkylation sites (tertiary alicyclic amines) is 1. The number of hydrogen-bond acceptors (Lipinski definition) is 4. The summed E-state index contributed by atoms with van der Waals surface area (Å²) in [5.41, 5.74) is 5.46. The number of nitrogens with zero attached hydrogens (tertiary/aromatic N) is 2. The van der Waals surface area contributed by atoms with Crippen LogP contribution < -0.4 is 5.73 Å². The van der Waals surface area contributed by atoms with Crippen LogP contribution in [0.1, 0.15) is 23.7 Å². The first kappa shape index (κ1) is 14.4. The number of carbonyl (C=O) groups excluding carboxylic acids is 1. The largest absolute Gasteiger partial charge is 0.338 e. The Kier molecular flexibility index (Phi) is 3.99. The summed E-state index contributed by atoms with van der Waals surface area (Å²) in [4.78, 5) is 23.8. The molecule has 1 fully saturated rings. The van der Waals surface area contributed by atoms with E-state index in [2.05, 4.69) is 0 Å². The van der Waals surface area contributed by atoms with Crippen molar-refractivity contribution in [2.24, 2.45) is 11.7 Å². The number of rotatable bonds is 2. The molecule has 108 valence electrons. The van der Waals surface area contributed by atoms with Crippen molar-refractivity contribution in [3.8, 4) is 0 Å². The van der Waals surface area contributed by atoms with Crippen LogP contribution in [0.2, 0.25) is 0 Å². The second-order valence-corrected chi connectivity index (χ2v) is 5.14. The van der Waals surface area contributed by atoms with E-state index in [4.69, 9.17) is 5.73 Å². The predicted octanol–water partition coefficient (Wildman–Crippen LogP) is 1.54. The average molecular weight is 281 g/mol. The van der Waals surface area contributed by atoms with Gasteiger partial charge in [0.1, 0.15) is 5.82 Å². The average Bonchev–Trinajstić information content (AvgIpc) is 2.40. The van der Waals surface area contributed by atoms with Gasteiger partial charge in [0, 0.05) is 30.8 Å². The molecule has 0 bridgehead atoms. The molecule has 2 rings (SSSR count). The maximum absolute atomic E-state index is 13.4. The second kappa shape index (κ2) is 5.54. The zero-order chi connectivity index (χ0) is 14.9. The van der Waals surface area contributed by atoms with Crippen LogP contribution in [0.25, 0.3) is 0 Å². The minimum absolute atomic E-state index is 0.000582. The Labute approximate surface area is 115 Å². The van der Waals surface area contributed by atoms with Gasteiger partial charge in [-0.15, -0.1) is 0 Å². The van der Waals surface area contributed by atoms with Crippen molar-refractivity contribution in [2.45, 2.75) is 19.4 Å². The van der Waals surface area contributed by atoms with Crippen LogP contribution >= 0.6 is 0 Å². The highest BCUT2D eigenvalue weighted by molar-refractivity contribution is 5.95. The van der Waals surface area contributed by atoms with E-state index < -0.39 is 22.3 Å². The van der Waals surface area contributed by atoms with Crippen LogP contribution in [-0.2, 0) is 0 Å². The zero-order valence-electron chi connectivity index (χ0n) is 11.1. The van der Waals surface area contributed by atoms with Gasteiger partial charge in [0.25, 0.3) is 11.6 Å². The van der Waals surface area contributed by atoms with Gasteiger partial charge >= 0.3 is 0 Å². The summed E-state index contributed by atoms with van der Waals surface area (Å²) in [7, 11) is 0. The van der Waals surface area contributed by atoms with E-state index in [1.165, 1.54) is 0 Å². The fraction of sp³-hybridized carbons (Fsp3) is 0.462. The normalized spacial score (nSPS) is 22.6. The van der Waals surface area contributed by atoms with Crippen molar-refractivity contribution in [1.82, 2.24) is 4.90 Å². The van der Waals surface area contributed by atoms with Gasteiger partial charge in [-0.1, -0.05) is 6.92 Å². The second-order valence-electron chi connectivity index (χ2n) is 5.14. The number of amides is 1. The number of carbonyl (C=O) groups is 1. The molecule has 2 unspecified atom stereocenters. The third-order valence-corrected chi connectivity index (χ3v) is 3.60. The third-order valence-electron chi connectivity index (χ3n) is 3.60. The smallest absolute Gasteiger partial charge is 0.273 e. The van der Waals surface area contributed by atoms with Gasteiger partial charge in [-0.2, -0.15) is 0 Å². The lowest BCUT2D eigenvalue weighted by molar-refractivity contribution is -0.385. The Bertz CT molecular complexity index is 550. The van der Waals surface area contributed by atoms with Crippen LogP contribution in [0.5, 0.6) is 0 Å². The monoisotopic (exact) mass is 281 g/mol. The molecular weight excluding hydrogens is 265 g/mol. The highest BCUT2D eigenvalue weighted by Crippen LogP contribution is 2.21. The van der Waals surface area contributed by atoms with E-state index in [1.807, 2.05) is 6.92 Å². The summed E-state index contributed by atoms with van der Waals surface area (Å²) in [5.74, 6) is -1.04. The van der Waals surface area contributed by atoms with E-state index in [9.17, 15) is 19.3 Å². The van der Waals surface area contributed by atoms with Crippen molar-refractivity contribution >= 4 is 11.6 Å². The molecule has 6 nitrogen and oxygen atoms in total. The number of halogens is 1. The van der Waals surface area contributed by atoms with E-state index in [1.54, 1.807) is 4.90 Å². The zero-order valence-corrected chi connectivity index (χ0v) is 11.1. The van der Waals surface area contributed by atoms with E-state index >= 15 is 0 Å². The van der Waals surface area contributed by atoms with Crippen molar-refractivity contribution in [2.75, 3.05) is 13.1 Å². The lowest BCUT2D eigenvalue weighted by atomic mass is 9.94. The summed E-state index contributed by atoms with van der Waals surface area (Å²) in [6, 6.07) is 2.96. The fourth-order valence-electron chi connectivity index (χ4n) is 2.33. The van der Waals surface area contributed by atoms with Crippen LogP contribution in [0.3, 0.4) is 0 Å².